The topological polar surface area (TPSA) is 27.0 Å². The van der Waals surface area contributed by atoms with E-state index >= 15 is 0 Å². The van der Waals surface area contributed by atoms with Crippen LogP contribution in [0.15, 0.2) is 11.6 Å². The SMILES string of the molecule is C#CCN(CC#N)C/C=C/Cl. The highest BCUT2D eigenvalue weighted by Gasteiger charge is 1.97. The third kappa shape index (κ3) is 5.48. The molecule has 0 aromatic rings. The van der Waals surface area contributed by atoms with E-state index in [1.165, 1.54) is 5.54 Å². The average molecular weight is 169 g/mol. The van der Waals surface area contributed by atoms with Gasteiger partial charge in [0.15, 0.2) is 0 Å². The summed E-state index contributed by atoms with van der Waals surface area (Å²) in [5.41, 5.74) is 1.42. The zero-order chi connectivity index (χ0) is 8.53. The van der Waals surface area contributed by atoms with Gasteiger partial charge in [0.05, 0.1) is 19.2 Å². The van der Waals surface area contributed by atoms with Crippen molar-refractivity contribution in [2.75, 3.05) is 19.6 Å². The summed E-state index contributed by atoms with van der Waals surface area (Å²) in [6.45, 7) is 1.45. The molecule has 0 N–H and O–H groups in total. The van der Waals surface area contributed by atoms with Gasteiger partial charge in [-0.15, -0.1) is 6.42 Å². The molecule has 0 aromatic carbocycles. The molecular weight excluding hydrogens is 160 g/mol. The number of terminal acetylenes is 1. The summed E-state index contributed by atoms with van der Waals surface area (Å²) in [6, 6.07) is 2.01. The standard InChI is InChI=1S/C8H9ClN2/c1-2-6-11(8-5-10)7-3-4-9/h1,3-4H,6-8H2/b4-3+. The van der Waals surface area contributed by atoms with Crippen molar-refractivity contribution < 1.29 is 0 Å². The van der Waals surface area contributed by atoms with Gasteiger partial charge in [0.1, 0.15) is 0 Å². The molecule has 0 saturated heterocycles. The minimum Gasteiger partial charge on any atom is -0.276 e. The summed E-state index contributed by atoms with van der Waals surface area (Å²) in [4.78, 5) is 1.80. The Hall–Kier alpha value is -0.960. The fourth-order valence-electron chi connectivity index (χ4n) is 0.603. The van der Waals surface area contributed by atoms with Gasteiger partial charge in [-0.25, -0.2) is 0 Å². The van der Waals surface area contributed by atoms with Crippen molar-refractivity contribution in [1.82, 2.24) is 4.90 Å². The molecule has 0 bridgehead atoms. The lowest BCUT2D eigenvalue weighted by Gasteiger charge is -2.11. The number of hydrogen-bond donors (Lipinski definition) is 0. The molecule has 0 fully saturated rings. The van der Waals surface area contributed by atoms with Crippen LogP contribution in [0.25, 0.3) is 0 Å². The molecule has 0 rings (SSSR count). The molecule has 11 heavy (non-hydrogen) atoms. The van der Waals surface area contributed by atoms with Gasteiger partial charge in [0.25, 0.3) is 0 Å². The number of halogens is 1. The van der Waals surface area contributed by atoms with Crippen molar-refractivity contribution >= 4 is 11.6 Å². The Balaban J connectivity index is 3.72. The lowest BCUT2D eigenvalue weighted by atomic mass is 10.4. The quantitative estimate of drug-likeness (QED) is 0.466. The Morgan fingerprint density at radius 2 is 2.27 bits per heavy atom. The Bertz CT molecular complexity index is 181. The van der Waals surface area contributed by atoms with Crippen LogP contribution in [0.2, 0.25) is 0 Å². The van der Waals surface area contributed by atoms with Crippen molar-refractivity contribution in [3.63, 3.8) is 0 Å². The first kappa shape index (κ1) is 10.0. The maximum absolute atomic E-state index is 8.35. The maximum atomic E-state index is 8.35. The zero-order valence-electron chi connectivity index (χ0n) is 6.13. The molecule has 3 heteroatoms. The van der Waals surface area contributed by atoms with Gasteiger partial charge in [0.2, 0.25) is 0 Å². The van der Waals surface area contributed by atoms with Crippen LogP contribution in [-0.2, 0) is 0 Å². The molecule has 0 amide bonds. The normalized spacial score (nSPS) is 9.82. The molecule has 0 aliphatic carbocycles. The van der Waals surface area contributed by atoms with Gasteiger partial charge >= 0.3 is 0 Å². The van der Waals surface area contributed by atoms with Crippen LogP contribution in [0.1, 0.15) is 0 Å². The van der Waals surface area contributed by atoms with Gasteiger partial charge in [-0.05, 0) is 0 Å². The fourth-order valence-corrected chi connectivity index (χ4v) is 0.683. The number of rotatable bonds is 4. The van der Waals surface area contributed by atoms with E-state index in [2.05, 4.69) is 5.92 Å². The molecule has 0 aliphatic heterocycles. The Labute approximate surface area is 72.1 Å². The largest absolute Gasteiger partial charge is 0.276 e. The molecule has 0 heterocycles. The highest BCUT2D eigenvalue weighted by atomic mass is 35.5. The Morgan fingerprint density at radius 3 is 2.73 bits per heavy atom. The first-order chi connectivity index (χ1) is 5.35. The lowest BCUT2D eigenvalue weighted by molar-refractivity contribution is 0.383. The predicted molar refractivity (Wildman–Crippen MR) is 45.9 cm³/mol. The second-order valence-electron chi connectivity index (χ2n) is 1.89. The third-order valence-electron chi connectivity index (χ3n) is 1.06. The fraction of sp³-hybridized carbons (Fsp3) is 0.375. The first-order valence-corrected chi connectivity index (χ1v) is 3.56. The molecule has 0 saturated carbocycles. The smallest absolute Gasteiger partial charge is 0.0876 e. The minimum atomic E-state index is 0.339. The summed E-state index contributed by atoms with van der Waals surface area (Å²) >= 11 is 5.30. The van der Waals surface area contributed by atoms with Crippen molar-refractivity contribution in [2.24, 2.45) is 0 Å². The molecule has 0 aromatic heterocycles. The van der Waals surface area contributed by atoms with Crippen LogP contribution in [-0.4, -0.2) is 24.5 Å². The zero-order valence-corrected chi connectivity index (χ0v) is 6.88. The number of hydrogen-bond acceptors (Lipinski definition) is 2. The average Bonchev–Trinajstić information content (AvgIpc) is 2.01. The van der Waals surface area contributed by atoms with Gasteiger partial charge in [0, 0.05) is 12.1 Å². The molecule has 0 unspecified atom stereocenters. The molecular formula is C8H9ClN2. The lowest BCUT2D eigenvalue weighted by Crippen LogP contribution is -2.24. The van der Waals surface area contributed by atoms with Crippen LogP contribution >= 0.6 is 11.6 Å². The van der Waals surface area contributed by atoms with Crippen molar-refractivity contribution in [2.45, 2.75) is 0 Å². The second kappa shape index (κ2) is 7.15. The molecule has 2 nitrogen and oxygen atoms in total. The summed E-state index contributed by atoms with van der Waals surface area (Å²) in [6.07, 6.45) is 6.82. The maximum Gasteiger partial charge on any atom is 0.0876 e. The predicted octanol–water partition coefficient (Wildman–Crippen LogP) is 1.20. The summed E-state index contributed by atoms with van der Waals surface area (Å²) in [5, 5.41) is 8.35. The van der Waals surface area contributed by atoms with Gasteiger partial charge in [-0.3, -0.25) is 4.90 Å². The van der Waals surface area contributed by atoms with E-state index in [1.54, 1.807) is 11.0 Å². The van der Waals surface area contributed by atoms with Gasteiger partial charge in [-0.2, -0.15) is 5.26 Å². The van der Waals surface area contributed by atoms with Crippen molar-refractivity contribution in [3.05, 3.63) is 11.6 Å². The second-order valence-corrected chi connectivity index (χ2v) is 2.15. The van der Waals surface area contributed by atoms with Crippen LogP contribution in [0, 0.1) is 23.7 Å². The monoisotopic (exact) mass is 168 g/mol. The molecule has 0 atom stereocenters. The molecule has 0 radical (unpaired) electrons. The van der Waals surface area contributed by atoms with E-state index in [4.69, 9.17) is 23.3 Å². The summed E-state index contributed by atoms with van der Waals surface area (Å²) in [7, 11) is 0. The summed E-state index contributed by atoms with van der Waals surface area (Å²) in [5.74, 6) is 2.46. The minimum absolute atomic E-state index is 0.339. The molecule has 0 aliphatic rings. The van der Waals surface area contributed by atoms with Crippen molar-refractivity contribution in [3.8, 4) is 18.4 Å². The van der Waals surface area contributed by atoms with Crippen LogP contribution in [0.5, 0.6) is 0 Å². The highest BCUT2D eigenvalue weighted by molar-refractivity contribution is 6.25. The van der Waals surface area contributed by atoms with E-state index < -0.39 is 0 Å². The highest BCUT2D eigenvalue weighted by Crippen LogP contribution is 1.88. The number of nitrogens with zero attached hydrogens (tertiary/aromatic N) is 2. The third-order valence-corrected chi connectivity index (χ3v) is 1.24. The van der Waals surface area contributed by atoms with Crippen LogP contribution in [0.4, 0.5) is 0 Å². The van der Waals surface area contributed by atoms with E-state index in [0.29, 0.717) is 19.6 Å². The van der Waals surface area contributed by atoms with Crippen molar-refractivity contribution in [1.29, 1.82) is 5.26 Å². The molecule has 58 valence electrons. The van der Waals surface area contributed by atoms with E-state index in [9.17, 15) is 0 Å². The summed E-state index contributed by atoms with van der Waals surface area (Å²) < 4.78 is 0. The Kier molecular flexibility index (Phi) is 6.53. The first-order valence-electron chi connectivity index (χ1n) is 3.13. The van der Waals surface area contributed by atoms with Gasteiger partial charge in [-0.1, -0.05) is 23.6 Å². The van der Waals surface area contributed by atoms with E-state index in [1.807, 2.05) is 6.07 Å². The van der Waals surface area contributed by atoms with E-state index in [0.717, 1.165) is 0 Å². The van der Waals surface area contributed by atoms with Crippen LogP contribution in [0.3, 0.4) is 0 Å². The van der Waals surface area contributed by atoms with Gasteiger partial charge < -0.3 is 0 Å². The van der Waals surface area contributed by atoms with Crippen LogP contribution < -0.4 is 0 Å². The molecule has 0 spiro atoms. The number of nitriles is 1. The Morgan fingerprint density at radius 1 is 1.55 bits per heavy atom. The van der Waals surface area contributed by atoms with E-state index in [-0.39, 0.29) is 0 Å².